The Kier molecular flexibility index (Phi) is 1.72. The molecule has 2 atom stereocenters. The molecule has 2 heteroatoms. The van der Waals surface area contributed by atoms with Crippen LogP contribution in [0.3, 0.4) is 0 Å². The third-order valence-electron chi connectivity index (χ3n) is 2.84. The largest absolute Gasteiger partial charge is 0.198 e. The van der Waals surface area contributed by atoms with Crippen LogP contribution in [0.1, 0.15) is 6.42 Å². The molecule has 0 spiro atoms. The van der Waals surface area contributed by atoms with Gasteiger partial charge in [0.1, 0.15) is 0 Å². The van der Waals surface area contributed by atoms with Gasteiger partial charge in [0.2, 0.25) is 0 Å². The van der Waals surface area contributed by atoms with Crippen LogP contribution in [0.4, 0.5) is 0 Å². The lowest BCUT2D eigenvalue weighted by atomic mass is 10.3. The molecule has 0 aliphatic heterocycles. The van der Waals surface area contributed by atoms with Crippen molar-refractivity contribution in [2.45, 2.75) is 31.1 Å². The minimum Gasteiger partial charge on any atom is -0.198 e. The second kappa shape index (κ2) is 2.21. The molecule has 0 unspecified atom stereocenters. The highest BCUT2D eigenvalue weighted by Gasteiger charge is 2.61. The predicted octanol–water partition coefficient (Wildman–Crippen LogP) is 2.79. The van der Waals surface area contributed by atoms with Crippen LogP contribution < -0.4 is 0 Å². The van der Waals surface area contributed by atoms with Crippen molar-refractivity contribution < 1.29 is 0 Å². The molecule has 11 heavy (non-hydrogen) atoms. The summed E-state index contributed by atoms with van der Waals surface area (Å²) in [6, 6.07) is 2.48. The quantitative estimate of drug-likeness (QED) is 0.456. The Hall–Kier alpha value is -0.553. The lowest BCUT2D eigenvalue weighted by Crippen LogP contribution is -2.29. The van der Waals surface area contributed by atoms with E-state index in [1.165, 1.54) is 0 Å². The van der Waals surface area contributed by atoms with Gasteiger partial charge in [-0.3, -0.25) is 0 Å². The van der Waals surface area contributed by atoms with Gasteiger partial charge in [-0.1, -0.05) is 25.7 Å². The van der Waals surface area contributed by atoms with Crippen LogP contribution in [0.15, 0.2) is 12.7 Å². The van der Waals surface area contributed by atoms with E-state index in [2.05, 4.69) is 32.3 Å². The lowest BCUT2D eigenvalue weighted by molar-refractivity contribution is 0.981. The molecular weight excluding hydrogens is 150 g/mol. The first kappa shape index (κ1) is 8.54. The molecule has 0 saturated heterocycles. The highest BCUT2D eigenvalue weighted by molar-refractivity contribution is 6.81. The summed E-state index contributed by atoms with van der Waals surface area (Å²) in [5, 5.41) is 9.05. The SMILES string of the molecule is C=C[C@@H]1C[C@@]1(C#N)[Si](C)(C)C. The molecule has 0 heterocycles. The first-order valence-electron chi connectivity index (χ1n) is 4.02. The summed E-state index contributed by atoms with van der Waals surface area (Å²) in [5.41, 5.74) is 0. The molecule has 1 rings (SSSR count). The van der Waals surface area contributed by atoms with Gasteiger partial charge in [0, 0.05) is 0 Å². The molecule has 0 N–H and O–H groups in total. The van der Waals surface area contributed by atoms with Crippen molar-refractivity contribution in [1.82, 2.24) is 0 Å². The third kappa shape index (κ3) is 1.04. The molecule has 1 aliphatic carbocycles. The number of hydrogen-bond acceptors (Lipinski definition) is 1. The van der Waals surface area contributed by atoms with Gasteiger partial charge in [-0.25, -0.2) is 0 Å². The minimum atomic E-state index is -1.29. The van der Waals surface area contributed by atoms with Crippen molar-refractivity contribution in [2.75, 3.05) is 0 Å². The maximum absolute atomic E-state index is 9.03. The second-order valence-electron chi connectivity index (χ2n) is 4.38. The zero-order valence-electron chi connectivity index (χ0n) is 7.52. The summed E-state index contributed by atoms with van der Waals surface area (Å²) in [5.74, 6) is 0.485. The summed E-state index contributed by atoms with van der Waals surface area (Å²) in [6.45, 7) is 10.5. The Morgan fingerprint density at radius 1 is 1.64 bits per heavy atom. The fraction of sp³-hybridized carbons (Fsp3) is 0.667. The molecule has 0 amide bonds. The molecule has 0 aromatic carbocycles. The van der Waals surface area contributed by atoms with Gasteiger partial charge < -0.3 is 0 Å². The number of hydrogen-bond donors (Lipinski definition) is 0. The molecule has 1 saturated carbocycles. The van der Waals surface area contributed by atoms with Gasteiger partial charge in [0.25, 0.3) is 0 Å². The summed E-state index contributed by atoms with van der Waals surface area (Å²) >= 11 is 0. The van der Waals surface area contributed by atoms with Crippen molar-refractivity contribution >= 4 is 8.07 Å². The highest BCUT2D eigenvalue weighted by Crippen LogP contribution is 2.65. The fourth-order valence-electron chi connectivity index (χ4n) is 1.73. The fourth-order valence-corrected chi connectivity index (χ4v) is 4.13. The predicted molar refractivity (Wildman–Crippen MR) is 50.0 cm³/mol. The molecule has 60 valence electrons. The van der Waals surface area contributed by atoms with Crippen LogP contribution in [0.2, 0.25) is 24.7 Å². The van der Waals surface area contributed by atoms with Crippen molar-refractivity contribution in [2.24, 2.45) is 5.92 Å². The topological polar surface area (TPSA) is 23.8 Å². The minimum absolute atomic E-state index is 0.0226. The van der Waals surface area contributed by atoms with E-state index in [0.29, 0.717) is 5.92 Å². The maximum atomic E-state index is 9.03. The molecular formula is C9H15NSi. The summed E-state index contributed by atoms with van der Waals surface area (Å²) in [4.78, 5) is 0. The average molecular weight is 165 g/mol. The molecule has 0 aromatic heterocycles. The van der Waals surface area contributed by atoms with E-state index in [-0.39, 0.29) is 5.04 Å². The molecule has 1 nitrogen and oxygen atoms in total. The van der Waals surface area contributed by atoms with E-state index in [1.807, 2.05) is 6.08 Å². The summed E-state index contributed by atoms with van der Waals surface area (Å²) in [6.07, 6.45) is 3.00. The molecule has 0 bridgehead atoms. The van der Waals surface area contributed by atoms with Crippen LogP contribution in [-0.4, -0.2) is 8.07 Å². The van der Waals surface area contributed by atoms with Gasteiger partial charge >= 0.3 is 0 Å². The third-order valence-corrected chi connectivity index (χ3v) is 6.20. The summed E-state index contributed by atoms with van der Waals surface area (Å²) in [7, 11) is -1.29. The summed E-state index contributed by atoms with van der Waals surface area (Å²) < 4.78 is 0. The van der Waals surface area contributed by atoms with E-state index < -0.39 is 8.07 Å². The zero-order chi connectivity index (χ0) is 8.70. The molecule has 1 aliphatic rings. The Balaban J connectivity index is 2.85. The molecule has 0 radical (unpaired) electrons. The Morgan fingerprint density at radius 2 is 2.18 bits per heavy atom. The smallest absolute Gasteiger partial charge is 0.0687 e. The first-order chi connectivity index (χ1) is 4.98. The van der Waals surface area contributed by atoms with Crippen molar-refractivity contribution in [3.8, 4) is 6.07 Å². The van der Waals surface area contributed by atoms with Crippen molar-refractivity contribution in [3.05, 3.63) is 12.7 Å². The van der Waals surface area contributed by atoms with Gasteiger partial charge in [-0.05, 0) is 12.3 Å². The van der Waals surface area contributed by atoms with E-state index in [9.17, 15) is 0 Å². The Morgan fingerprint density at radius 3 is 2.27 bits per heavy atom. The van der Waals surface area contributed by atoms with Crippen molar-refractivity contribution in [1.29, 1.82) is 5.26 Å². The van der Waals surface area contributed by atoms with Gasteiger partial charge in [0.05, 0.1) is 19.2 Å². The Bertz CT molecular complexity index is 221. The van der Waals surface area contributed by atoms with Gasteiger partial charge in [-0.2, -0.15) is 5.26 Å². The maximum Gasteiger partial charge on any atom is 0.0687 e. The number of allylic oxidation sites excluding steroid dienone is 1. The van der Waals surface area contributed by atoms with Crippen LogP contribution >= 0.6 is 0 Å². The van der Waals surface area contributed by atoms with Crippen molar-refractivity contribution in [3.63, 3.8) is 0 Å². The first-order valence-corrected chi connectivity index (χ1v) is 7.52. The van der Waals surface area contributed by atoms with Gasteiger partial charge in [-0.15, -0.1) is 6.58 Å². The van der Waals surface area contributed by atoms with E-state index >= 15 is 0 Å². The zero-order valence-corrected chi connectivity index (χ0v) is 8.52. The number of nitrogens with zero attached hydrogens (tertiary/aromatic N) is 1. The molecule has 1 fully saturated rings. The van der Waals surface area contributed by atoms with E-state index in [1.54, 1.807) is 0 Å². The molecule has 0 aromatic rings. The standard InChI is InChI=1S/C9H15NSi/c1-5-8-6-9(8,7-10)11(2,3)4/h5,8H,1,6H2,2-4H3/t8-,9+/m1/s1. The van der Waals surface area contributed by atoms with Gasteiger partial charge in [0.15, 0.2) is 0 Å². The monoisotopic (exact) mass is 165 g/mol. The van der Waals surface area contributed by atoms with Crippen LogP contribution in [-0.2, 0) is 0 Å². The van der Waals surface area contributed by atoms with Crippen LogP contribution in [0, 0.1) is 17.2 Å². The normalized spacial score (nSPS) is 36.0. The number of nitriles is 1. The van der Waals surface area contributed by atoms with Crippen LogP contribution in [0.25, 0.3) is 0 Å². The Labute approximate surface area is 69.7 Å². The average Bonchev–Trinajstić information content (AvgIpc) is 2.60. The lowest BCUT2D eigenvalue weighted by Gasteiger charge is -2.22. The van der Waals surface area contributed by atoms with E-state index in [0.717, 1.165) is 6.42 Å². The highest BCUT2D eigenvalue weighted by atomic mass is 28.3. The second-order valence-corrected chi connectivity index (χ2v) is 9.77. The van der Waals surface area contributed by atoms with Crippen LogP contribution in [0.5, 0.6) is 0 Å². The van der Waals surface area contributed by atoms with E-state index in [4.69, 9.17) is 5.26 Å². The number of rotatable bonds is 2.